The molecule has 2 aliphatic heterocycles. The van der Waals surface area contributed by atoms with E-state index in [0.717, 1.165) is 82.8 Å². The van der Waals surface area contributed by atoms with E-state index >= 15 is 0 Å². The Balaban J connectivity index is 1.46. The number of fused-ring (bicyclic) bond motifs is 1. The molecule has 2 atom stereocenters. The number of para-hydroxylation sites is 2. The van der Waals surface area contributed by atoms with Gasteiger partial charge in [-0.15, -0.1) is 0 Å². The van der Waals surface area contributed by atoms with Gasteiger partial charge in [-0.2, -0.15) is 0 Å². The van der Waals surface area contributed by atoms with Crippen LogP contribution in [0.1, 0.15) is 50.3 Å². The van der Waals surface area contributed by atoms with Gasteiger partial charge in [0.1, 0.15) is 5.82 Å². The highest BCUT2D eigenvalue weighted by Crippen LogP contribution is 2.30. The number of nitrogens with one attached hydrogen (secondary N) is 1. The Hall–Kier alpha value is -1.96. The SMILES string of the molecule is COCCCn1c(C2CCCN(C(=O)CC(N)C3CCNCC3)C2)nc2ccccc21. The predicted octanol–water partition coefficient (Wildman–Crippen LogP) is 2.50. The van der Waals surface area contributed by atoms with Crippen molar-refractivity contribution in [2.75, 3.05) is 39.9 Å². The lowest BCUT2D eigenvalue weighted by Gasteiger charge is -2.34. The summed E-state index contributed by atoms with van der Waals surface area (Å²) in [4.78, 5) is 20.1. The van der Waals surface area contributed by atoms with Crippen molar-refractivity contribution in [1.82, 2.24) is 19.8 Å². The zero-order chi connectivity index (χ0) is 21.6. The molecular formula is C24H37N5O2. The zero-order valence-electron chi connectivity index (χ0n) is 18.8. The molecule has 170 valence electrons. The molecule has 7 heteroatoms. The minimum Gasteiger partial charge on any atom is -0.385 e. The molecule has 2 saturated heterocycles. The number of amides is 1. The number of methoxy groups -OCH3 is 1. The Morgan fingerprint density at radius 2 is 2.10 bits per heavy atom. The van der Waals surface area contributed by atoms with Gasteiger partial charge in [-0.3, -0.25) is 4.79 Å². The van der Waals surface area contributed by atoms with E-state index in [1.807, 2.05) is 11.0 Å². The maximum atomic E-state index is 13.1. The number of imidazole rings is 1. The van der Waals surface area contributed by atoms with Crippen LogP contribution in [0, 0.1) is 5.92 Å². The van der Waals surface area contributed by atoms with Crippen molar-refractivity contribution in [3.63, 3.8) is 0 Å². The number of aromatic nitrogens is 2. The molecule has 2 aliphatic rings. The average Bonchev–Trinajstić information content (AvgIpc) is 3.18. The van der Waals surface area contributed by atoms with E-state index in [1.165, 1.54) is 5.52 Å². The first-order valence-electron chi connectivity index (χ1n) is 11.9. The van der Waals surface area contributed by atoms with Crippen molar-refractivity contribution in [2.24, 2.45) is 11.7 Å². The fourth-order valence-corrected chi connectivity index (χ4v) is 5.19. The van der Waals surface area contributed by atoms with E-state index in [2.05, 4.69) is 28.1 Å². The molecule has 1 amide bonds. The minimum atomic E-state index is -0.0337. The van der Waals surface area contributed by atoms with Gasteiger partial charge >= 0.3 is 0 Å². The molecule has 2 fully saturated rings. The van der Waals surface area contributed by atoms with Crippen LogP contribution in [0.2, 0.25) is 0 Å². The molecule has 31 heavy (non-hydrogen) atoms. The molecule has 0 spiro atoms. The Bertz CT molecular complexity index is 861. The van der Waals surface area contributed by atoms with E-state index in [4.69, 9.17) is 15.5 Å². The fourth-order valence-electron chi connectivity index (χ4n) is 5.19. The molecule has 3 heterocycles. The van der Waals surface area contributed by atoms with Crippen LogP contribution in [-0.2, 0) is 16.1 Å². The van der Waals surface area contributed by atoms with Crippen molar-refractivity contribution in [3.8, 4) is 0 Å². The lowest BCUT2D eigenvalue weighted by atomic mass is 9.88. The molecule has 0 radical (unpaired) electrons. The van der Waals surface area contributed by atoms with Gasteiger partial charge in [0, 0.05) is 51.7 Å². The third-order valence-corrected chi connectivity index (χ3v) is 6.95. The van der Waals surface area contributed by atoms with Crippen LogP contribution >= 0.6 is 0 Å². The standard InChI is InChI=1S/C24H37N5O2/c1-31-15-5-14-29-22-8-3-2-7-21(22)27-24(29)19-6-4-13-28(17-19)23(30)16-20(25)18-9-11-26-12-10-18/h2-3,7-8,18-20,26H,4-6,9-17,25H2,1H3. The largest absolute Gasteiger partial charge is 0.385 e. The van der Waals surface area contributed by atoms with Crippen LogP contribution in [-0.4, -0.2) is 66.3 Å². The number of likely N-dealkylation sites (tertiary alicyclic amines) is 1. The van der Waals surface area contributed by atoms with Crippen LogP contribution in [0.25, 0.3) is 11.0 Å². The lowest BCUT2D eigenvalue weighted by Crippen LogP contribution is -2.45. The Morgan fingerprint density at radius 1 is 1.29 bits per heavy atom. The number of hydrogen-bond acceptors (Lipinski definition) is 5. The number of piperidine rings is 2. The van der Waals surface area contributed by atoms with Gasteiger partial charge in [-0.05, 0) is 63.2 Å². The number of benzene rings is 1. The van der Waals surface area contributed by atoms with Crippen LogP contribution in [0.5, 0.6) is 0 Å². The van der Waals surface area contributed by atoms with Crippen LogP contribution in [0.4, 0.5) is 0 Å². The van der Waals surface area contributed by atoms with Gasteiger partial charge < -0.3 is 25.3 Å². The topological polar surface area (TPSA) is 85.4 Å². The van der Waals surface area contributed by atoms with Crippen LogP contribution in [0.3, 0.4) is 0 Å². The van der Waals surface area contributed by atoms with Gasteiger partial charge in [-0.1, -0.05) is 12.1 Å². The summed E-state index contributed by atoms with van der Waals surface area (Å²) >= 11 is 0. The quantitative estimate of drug-likeness (QED) is 0.632. The summed E-state index contributed by atoms with van der Waals surface area (Å²) < 4.78 is 7.61. The van der Waals surface area contributed by atoms with E-state index in [9.17, 15) is 4.79 Å². The van der Waals surface area contributed by atoms with Crippen LogP contribution in [0.15, 0.2) is 24.3 Å². The van der Waals surface area contributed by atoms with Gasteiger partial charge in [0.25, 0.3) is 0 Å². The highest BCUT2D eigenvalue weighted by molar-refractivity contribution is 5.77. The molecular weight excluding hydrogens is 390 g/mol. The molecule has 0 saturated carbocycles. The molecule has 0 bridgehead atoms. The highest BCUT2D eigenvalue weighted by atomic mass is 16.5. The van der Waals surface area contributed by atoms with Crippen molar-refractivity contribution in [3.05, 3.63) is 30.1 Å². The second kappa shape index (κ2) is 10.6. The first-order chi connectivity index (χ1) is 15.2. The summed E-state index contributed by atoms with van der Waals surface area (Å²) in [6, 6.07) is 8.29. The second-order valence-corrected chi connectivity index (χ2v) is 9.09. The van der Waals surface area contributed by atoms with Gasteiger partial charge in [0.15, 0.2) is 0 Å². The Morgan fingerprint density at radius 3 is 2.90 bits per heavy atom. The van der Waals surface area contributed by atoms with Gasteiger partial charge in [-0.25, -0.2) is 4.98 Å². The van der Waals surface area contributed by atoms with E-state index in [-0.39, 0.29) is 17.9 Å². The number of rotatable bonds is 8. The van der Waals surface area contributed by atoms with Crippen LogP contribution < -0.4 is 11.1 Å². The van der Waals surface area contributed by atoms with E-state index < -0.39 is 0 Å². The number of ether oxygens (including phenoxy) is 1. The first kappa shape index (κ1) is 22.2. The lowest BCUT2D eigenvalue weighted by molar-refractivity contribution is -0.133. The number of carbonyl (C=O) groups excluding carboxylic acids is 1. The van der Waals surface area contributed by atoms with Crippen molar-refractivity contribution in [2.45, 2.75) is 57.0 Å². The molecule has 3 N–H and O–H groups in total. The number of carbonyl (C=O) groups is 1. The Labute approximate surface area is 185 Å². The fraction of sp³-hybridized carbons (Fsp3) is 0.667. The number of hydrogen-bond donors (Lipinski definition) is 2. The third-order valence-electron chi connectivity index (χ3n) is 6.95. The van der Waals surface area contributed by atoms with E-state index in [1.54, 1.807) is 7.11 Å². The number of nitrogens with zero attached hydrogens (tertiary/aromatic N) is 3. The van der Waals surface area contributed by atoms with E-state index in [0.29, 0.717) is 12.3 Å². The summed E-state index contributed by atoms with van der Waals surface area (Å²) in [5, 5.41) is 3.38. The maximum Gasteiger partial charge on any atom is 0.224 e. The number of nitrogens with two attached hydrogens (primary N) is 1. The molecule has 7 nitrogen and oxygen atoms in total. The Kier molecular flexibility index (Phi) is 7.58. The predicted molar refractivity (Wildman–Crippen MR) is 123 cm³/mol. The molecule has 2 aromatic rings. The summed E-state index contributed by atoms with van der Waals surface area (Å²) in [5.41, 5.74) is 8.65. The number of aryl methyl sites for hydroxylation is 1. The van der Waals surface area contributed by atoms with Crippen molar-refractivity contribution < 1.29 is 9.53 Å². The highest BCUT2D eigenvalue weighted by Gasteiger charge is 2.30. The third kappa shape index (κ3) is 5.27. The van der Waals surface area contributed by atoms with Crippen molar-refractivity contribution >= 4 is 16.9 Å². The van der Waals surface area contributed by atoms with Gasteiger partial charge in [0.2, 0.25) is 5.91 Å². The molecule has 1 aromatic heterocycles. The summed E-state index contributed by atoms with van der Waals surface area (Å²) in [6.45, 7) is 5.21. The summed E-state index contributed by atoms with van der Waals surface area (Å²) in [6.07, 6.45) is 5.63. The first-order valence-corrected chi connectivity index (χ1v) is 11.9. The maximum absolute atomic E-state index is 13.1. The minimum absolute atomic E-state index is 0.0337. The summed E-state index contributed by atoms with van der Waals surface area (Å²) in [7, 11) is 1.74. The zero-order valence-corrected chi connectivity index (χ0v) is 18.8. The van der Waals surface area contributed by atoms with Crippen molar-refractivity contribution in [1.29, 1.82) is 0 Å². The monoisotopic (exact) mass is 427 g/mol. The molecule has 2 unspecified atom stereocenters. The normalized spacial score (nSPS) is 21.5. The smallest absolute Gasteiger partial charge is 0.224 e. The molecule has 4 rings (SSSR count). The van der Waals surface area contributed by atoms with Gasteiger partial charge in [0.05, 0.1) is 11.0 Å². The molecule has 1 aromatic carbocycles. The summed E-state index contributed by atoms with van der Waals surface area (Å²) in [5.74, 6) is 2.04. The molecule has 0 aliphatic carbocycles. The average molecular weight is 428 g/mol. The second-order valence-electron chi connectivity index (χ2n) is 9.09.